The average Bonchev–Trinajstić information content (AvgIpc) is 3.16. The molecule has 6 rings (SSSR count). The third-order valence-electron chi connectivity index (χ3n) is 8.16. The first kappa shape index (κ1) is 23.8. The van der Waals surface area contributed by atoms with Crippen molar-refractivity contribution < 1.29 is 24.3 Å². The summed E-state index contributed by atoms with van der Waals surface area (Å²) in [6.45, 7) is 2.05. The minimum absolute atomic E-state index is 0.0954. The average molecular weight is 558 g/mol. The number of benzene rings is 2. The van der Waals surface area contributed by atoms with Gasteiger partial charge < -0.3 is 5.11 Å². The highest BCUT2D eigenvalue weighted by atomic mass is 79.9. The predicted molar refractivity (Wildman–Crippen MR) is 141 cm³/mol. The minimum atomic E-state index is -0.611. The van der Waals surface area contributed by atoms with Crippen LogP contribution < -0.4 is 4.90 Å². The molecule has 1 fully saturated rings. The van der Waals surface area contributed by atoms with Crippen molar-refractivity contribution in [2.45, 2.75) is 32.1 Å². The molecule has 186 valence electrons. The minimum Gasteiger partial charge on any atom is -0.508 e. The second-order valence-corrected chi connectivity index (χ2v) is 10.9. The van der Waals surface area contributed by atoms with Crippen LogP contribution in [0.1, 0.15) is 36.8 Å². The molecule has 1 aliphatic heterocycles. The van der Waals surface area contributed by atoms with Gasteiger partial charge >= 0.3 is 0 Å². The van der Waals surface area contributed by atoms with Gasteiger partial charge in [-0.1, -0.05) is 42.8 Å². The smallest absolute Gasteiger partial charge is 0.238 e. The van der Waals surface area contributed by atoms with Gasteiger partial charge in [0.2, 0.25) is 11.8 Å². The number of anilines is 1. The van der Waals surface area contributed by atoms with E-state index >= 15 is 0 Å². The van der Waals surface area contributed by atoms with Gasteiger partial charge in [-0.05, 0) is 76.5 Å². The molecule has 0 radical (unpaired) electrons. The molecule has 37 heavy (non-hydrogen) atoms. The number of fused-ring (bicyclic) bond motifs is 3. The number of hydrogen-bond donors (Lipinski definition) is 1. The Morgan fingerprint density at radius 1 is 0.946 bits per heavy atom. The molecule has 1 saturated heterocycles. The summed E-state index contributed by atoms with van der Waals surface area (Å²) in [5.41, 5.74) is 4.14. The third-order valence-corrected chi connectivity index (χ3v) is 8.75. The van der Waals surface area contributed by atoms with Crippen LogP contribution >= 0.6 is 15.9 Å². The van der Waals surface area contributed by atoms with Crippen LogP contribution in [0, 0.1) is 17.8 Å². The molecule has 3 aliphatic carbocycles. The topological polar surface area (TPSA) is 91.8 Å². The van der Waals surface area contributed by atoms with Gasteiger partial charge in [-0.2, -0.15) is 0 Å². The molecule has 0 aromatic heterocycles. The van der Waals surface area contributed by atoms with Gasteiger partial charge in [0.05, 0.1) is 22.0 Å². The van der Waals surface area contributed by atoms with Gasteiger partial charge in [0, 0.05) is 23.1 Å². The summed E-state index contributed by atoms with van der Waals surface area (Å²) in [4.78, 5) is 55.2. The number of carbonyl (C=O) groups is 4. The summed E-state index contributed by atoms with van der Waals surface area (Å²) in [5, 5.41) is 9.85. The third kappa shape index (κ3) is 3.59. The Bertz CT molecular complexity index is 1460. The van der Waals surface area contributed by atoms with Crippen molar-refractivity contribution in [3.63, 3.8) is 0 Å². The van der Waals surface area contributed by atoms with Crippen molar-refractivity contribution in [1.82, 2.24) is 0 Å². The SMILES string of the molecule is CCc1ccc(N2C(=O)[C@H]3[C@H](CC=C4[C@H](c5ccc(O)cc5)C5=C(C[C@H]43)C(=O)C(Br)=CC5=O)C2=O)cc1. The maximum Gasteiger partial charge on any atom is 0.238 e. The molecule has 4 aliphatic rings. The van der Waals surface area contributed by atoms with Crippen LogP contribution in [0.25, 0.3) is 0 Å². The Morgan fingerprint density at radius 3 is 2.32 bits per heavy atom. The molecule has 1 N–H and O–H groups in total. The van der Waals surface area contributed by atoms with Crippen LogP contribution in [0.3, 0.4) is 0 Å². The van der Waals surface area contributed by atoms with E-state index in [1.165, 1.54) is 11.0 Å². The lowest BCUT2D eigenvalue weighted by molar-refractivity contribution is -0.123. The number of phenolic OH excluding ortho intramolecular Hbond substituents is 1. The number of amides is 2. The normalized spacial score (nSPS) is 27.0. The van der Waals surface area contributed by atoms with E-state index in [0.717, 1.165) is 23.1 Å². The summed E-state index contributed by atoms with van der Waals surface area (Å²) in [7, 11) is 0. The summed E-state index contributed by atoms with van der Waals surface area (Å²) >= 11 is 3.24. The number of halogens is 1. The first-order valence-corrected chi connectivity index (χ1v) is 13.2. The van der Waals surface area contributed by atoms with Crippen LogP contribution in [-0.4, -0.2) is 28.5 Å². The Balaban J connectivity index is 1.46. The van der Waals surface area contributed by atoms with Crippen molar-refractivity contribution in [1.29, 1.82) is 0 Å². The zero-order valence-electron chi connectivity index (χ0n) is 20.1. The van der Waals surface area contributed by atoms with Gasteiger partial charge in [-0.25, -0.2) is 0 Å². The number of ketones is 2. The zero-order valence-corrected chi connectivity index (χ0v) is 21.7. The van der Waals surface area contributed by atoms with Crippen molar-refractivity contribution >= 4 is 45.0 Å². The second kappa shape index (κ2) is 8.77. The van der Waals surface area contributed by atoms with E-state index in [-0.39, 0.29) is 46.0 Å². The summed E-state index contributed by atoms with van der Waals surface area (Å²) in [6.07, 6.45) is 4.78. The first-order chi connectivity index (χ1) is 17.8. The number of imide groups is 1. The zero-order chi connectivity index (χ0) is 26.0. The van der Waals surface area contributed by atoms with Gasteiger partial charge in [0.1, 0.15) is 5.75 Å². The monoisotopic (exact) mass is 557 g/mol. The number of phenols is 1. The maximum absolute atomic E-state index is 13.9. The second-order valence-electron chi connectivity index (χ2n) is 10.0. The molecule has 1 heterocycles. The summed E-state index contributed by atoms with van der Waals surface area (Å²) < 4.78 is 0.201. The van der Waals surface area contributed by atoms with Crippen LogP contribution in [0.2, 0.25) is 0 Å². The van der Waals surface area contributed by atoms with E-state index in [9.17, 15) is 24.3 Å². The molecule has 4 atom stereocenters. The van der Waals surface area contributed by atoms with Gasteiger partial charge in [-0.3, -0.25) is 24.1 Å². The molecule has 0 saturated carbocycles. The molecule has 6 nitrogen and oxygen atoms in total. The van der Waals surface area contributed by atoms with Crippen LogP contribution in [0.15, 0.2) is 81.9 Å². The number of aryl methyl sites for hydroxylation is 1. The number of hydrogen-bond acceptors (Lipinski definition) is 5. The number of nitrogens with zero attached hydrogens (tertiary/aromatic N) is 1. The Morgan fingerprint density at radius 2 is 1.65 bits per heavy atom. The number of carbonyl (C=O) groups excluding carboxylic acids is 4. The van der Waals surface area contributed by atoms with Crippen molar-refractivity contribution in [3.05, 3.63) is 93.0 Å². The Labute approximate surface area is 222 Å². The first-order valence-electron chi connectivity index (χ1n) is 12.4. The van der Waals surface area contributed by atoms with E-state index in [0.29, 0.717) is 23.3 Å². The summed E-state index contributed by atoms with van der Waals surface area (Å²) in [5.74, 6) is -2.92. The van der Waals surface area contributed by atoms with Gasteiger partial charge in [0.25, 0.3) is 0 Å². The number of aromatic hydroxyl groups is 1. The van der Waals surface area contributed by atoms with E-state index in [1.54, 1.807) is 24.3 Å². The fourth-order valence-corrected chi connectivity index (χ4v) is 6.84. The van der Waals surface area contributed by atoms with E-state index < -0.39 is 17.8 Å². The van der Waals surface area contributed by atoms with Crippen LogP contribution in [0.5, 0.6) is 5.75 Å². The molecular formula is C30H24BrNO5. The number of Topliss-reactive ketones (excluding diaryl/α,β-unsaturated/α-hetero) is 1. The molecule has 0 unspecified atom stereocenters. The predicted octanol–water partition coefficient (Wildman–Crippen LogP) is 4.92. The van der Waals surface area contributed by atoms with Crippen molar-refractivity contribution in [2.24, 2.45) is 17.8 Å². The molecule has 2 aromatic rings. The lowest BCUT2D eigenvalue weighted by atomic mass is 9.59. The Kier molecular flexibility index (Phi) is 5.64. The van der Waals surface area contributed by atoms with E-state index in [4.69, 9.17) is 0 Å². The van der Waals surface area contributed by atoms with Crippen molar-refractivity contribution in [2.75, 3.05) is 4.90 Å². The van der Waals surface area contributed by atoms with Crippen LogP contribution in [0.4, 0.5) is 5.69 Å². The fraction of sp³-hybridized carbons (Fsp3) is 0.267. The maximum atomic E-state index is 13.9. The molecular weight excluding hydrogens is 534 g/mol. The van der Waals surface area contributed by atoms with E-state index in [1.807, 2.05) is 37.3 Å². The molecule has 0 bridgehead atoms. The lowest BCUT2D eigenvalue weighted by Gasteiger charge is -2.42. The van der Waals surface area contributed by atoms with Gasteiger partial charge in [0.15, 0.2) is 11.6 Å². The molecule has 7 heteroatoms. The lowest BCUT2D eigenvalue weighted by Crippen LogP contribution is -2.39. The molecule has 0 spiro atoms. The van der Waals surface area contributed by atoms with E-state index in [2.05, 4.69) is 15.9 Å². The Hall–Kier alpha value is -3.58. The highest BCUT2D eigenvalue weighted by Crippen LogP contribution is 2.55. The molecule has 2 amide bonds. The highest BCUT2D eigenvalue weighted by molar-refractivity contribution is 9.12. The number of allylic oxidation sites excluding steroid dienone is 6. The molecule has 2 aromatic carbocycles. The standard InChI is InChI=1S/C30H24BrNO5/c1-2-15-3-7-17(8-4-15)32-29(36)20-12-11-19-21(26(20)30(32)37)13-22-27(24(34)14-23(31)28(22)35)25(19)16-5-9-18(33)10-6-16/h3-11,14,20-21,25-26,33H,2,12-13H2,1H3/t20-,21+,25-,26-/m0/s1. The largest absolute Gasteiger partial charge is 0.508 e. The highest BCUT2D eigenvalue weighted by Gasteiger charge is 2.56. The van der Waals surface area contributed by atoms with Crippen molar-refractivity contribution in [3.8, 4) is 5.75 Å². The quantitative estimate of drug-likeness (QED) is 0.328. The van der Waals surface area contributed by atoms with Gasteiger partial charge in [-0.15, -0.1) is 0 Å². The fourth-order valence-electron chi connectivity index (χ4n) is 6.39. The van der Waals surface area contributed by atoms with Crippen LogP contribution in [-0.2, 0) is 25.6 Å². The summed E-state index contributed by atoms with van der Waals surface area (Å²) in [6, 6.07) is 14.1. The number of rotatable bonds is 3.